The average molecular weight is 382 g/mol. The Morgan fingerprint density at radius 1 is 1.50 bits per heavy atom. The number of rotatable bonds is 4. The van der Waals surface area contributed by atoms with E-state index in [0.29, 0.717) is 8.66 Å². The first-order chi connectivity index (χ1) is 9.26. The van der Waals surface area contributed by atoms with Crippen LogP contribution in [0.4, 0.5) is 0 Å². The zero-order chi connectivity index (χ0) is 15.0. The molecule has 1 heterocycles. The zero-order valence-corrected chi connectivity index (χ0v) is 14.9. The van der Waals surface area contributed by atoms with Crippen molar-refractivity contribution in [3.63, 3.8) is 0 Å². The number of aliphatic hydroxyl groups is 1. The molecule has 0 saturated heterocycles. The standard InChI is InChI=1S/C13H20BrNO3S2/c1-13(2)6-4-3-5-11(13)15-20(17,18)10-7-9(8-16)19-12(10)14/h7,11,15-16H,3-6,8H2,1-2H3. The van der Waals surface area contributed by atoms with Crippen molar-refractivity contribution in [1.82, 2.24) is 4.72 Å². The van der Waals surface area contributed by atoms with Crippen molar-refractivity contribution in [2.24, 2.45) is 5.41 Å². The maximum Gasteiger partial charge on any atom is 0.242 e. The third kappa shape index (κ3) is 3.44. The van der Waals surface area contributed by atoms with E-state index in [4.69, 9.17) is 5.11 Å². The summed E-state index contributed by atoms with van der Waals surface area (Å²) in [4.78, 5) is 0.869. The number of hydrogen-bond donors (Lipinski definition) is 2. The first kappa shape index (κ1) is 16.4. The third-order valence-electron chi connectivity index (χ3n) is 3.96. The summed E-state index contributed by atoms with van der Waals surface area (Å²) in [7, 11) is -3.55. The molecule has 114 valence electrons. The van der Waals surface area contributed by atoms with Crippen LogP contribution in [0.1, 0.15) is 44.4 Å². The fraction of sp³-hybridized carbons (Fsp3) is 0.692. The Kier molecular flexibility index (Phi) is 4.96. The maximum atomic E-state index is 12.5. The Morgan fingerprint density at radius 2 is 2.20 bits per heavy atom. The van der Waals surface area contributed by atoms with Gasteiger partial charge in [0.2, 0.25) is 10.0 Å². The summed E-state index contributed by atoms with van der Waals surface area (Å²) in [5.41, 5.74) is -0.0202. The van der Waals surface area contributed by atoms with E-state index < -0.39 is 10.0 Å². The molecule has 1 atom stereocenters. The van der Waals surface area contributed by atoms with E-state index in [9.17, 15) is 8.42 Å². The van der Waals surface area contributed by atoms with Gasteiger partial charge in [-0.15, -0.1) is 11.3 Å². The van der Waals surface area contributed by atoms with Gasteiger partial charge >= 0.3 is 0 Å². The van der Waals surface area contributed by atoms with Crippen molar-refractivity contribution in [3.05, 3.63) is 14.7 Å². The van der Waals surface area contributed by atoms with Gasteiger partial charge < -0.3 is 5.11 Å². The lowest BCUT2D eigenvalue weighted by Gasteiger charge is -2.38. The number of thiophene rings is 1. The second-order valence-corrected chi connectivity index (χ2v) is 10.1. The SMILES string of the molecule is CC1(C)CCCCC1NS(=O)(=O)c1cc(CO)sc1Br. The number of sulfonamides is 1. The van der Waals surface area contributed by atoms with Crippen LogP contribution in [0.3, 0.4) is 0 Å². The molecule has 1 aliphatic carbocycles. The smallest absolute Gasteiger partial charge is 0.242 e. The summed E-state index contributed by atoms with van der Waals surface area (Å²) in [5.74, 6) is 0. The highest BCUT2D eigenvalue weighted by atomic mass is 79.9. The molecule has 0 bridgehead atoms. The molecule has 0 amide bonds. The molecule has 1 fully saturated rings. The molecular weight excluding hydrogens is 362 g/mol. The van der Waals surface area contributed by atoms with Crippen molar-refractivity contribution >= 4 is 37.3 Å². The monoisotopic (exact) mass is 381 g/mol. The van der Waals surface area contributed by atoms with E-state index in [0.717, 1.165) is 25.7 Å². The summed E-state index contributed by atoms with van der Waals surface area (Å²) in [5, 5.41) is 9.12. The van der Waals surface area contributed by atoms with Crippen molar-refractivity contribution < 1.29 is 13.5 Å². The molecule has 7 heteroatoms. The van der Waals surface area contributed by atoms with Crippen LogP contribution in [0.15, 0.2) is 14.7 Å². The molecule has 0 radical (unpaired) electrons. The van der Waals surface area contributed by atoms with Gasteiger partial charge in [-0.2, -0.15) is 0 Å². The van der Waals surface area contributed by atoms with Crippen LogP contribution in [-0.4, -0.2) is 19.6 Å². The molecule has 0 spiro atoms. The molecule has 20 heavy (non-hydrogen) atoms. The zero-order valence-electron chi connectivity index (χ0n) is 11.6. The van der Waals surface area contributed by atoms with Crippen LogP contribution in [0.5, 0.6) is 0 Å². The molecule has 1 unspecified atom stereocenters. The Bertz CT molecular complexity index is 580. The molecule has 2 N–H and O–H groups in total. The number of halogens is 1. The molecule has 0 aromatic carbocycles. The number of nitrogens with one attached hydrogen (secondary N) is 1. The van der Waals surface area contributed by atoms with E-state index in [1.807, 2.05) is 0 Å². The van der Waals surface area contributed by atoms with E-state index in [1.54, 1.807) is 0 Å². The highest BCUT2D eigenvalue weighted by Crippen LogP contribution is 2.37. The van der Waals surface area contributed by atoms with Crippen molar-refractivity contribution in [1.29, 1.82) is 0 Å². The topological polar surface area (TPSA) is 66.4 Å². The van der Waals surface area contributed by atoms with Crippen LogP contribution in [0, 0.1) is 5.41 Å². The van der Waals surface area contributed by atoms with Gasteiger partial charge in [-0.25, -0.2) is 13.1 Å². The Hall–Kier alpha value is 0.0500. The minimum absolute atomic E-state index is 0.0202. The summed E-state index contributed by atoms with van der Waals surface area (Å²) in [6, 6.07) is 1.50. The summed E-state index contributed by atoms with van der Waals surface area (Å²) >= 11 is 4.53. The van der Waals surface area contributed by atoms with Gasteiger partial charge in [0.25, 0.3) is 0 Å². The van der Waals surface area contributed by atoms with Crippen molar-refractivity contribution in [3.8, 4) is 0 Å². The van der Waals surface area contributed by atoms with Gasteiger partial charge in [0.15, 0.2) is 0 Å². The minimum Gasteiger partial charge on any atom is -0.391 e. The molecule has 1 aromatic heterocycles. The molecule has 1 aromatic rings. The number of hydrogen-bond acceptors (Lipinski definition) is 4. The third-order valence-corrected chi connectivity index (χ3v) is 7.67. The fourth-order valence-electron chi connectivity index (χ4n) is 2.62. The molecule has 1 aliphatic rings. The highest BCUT2D eigenvalue weighted by molar-refractivity contribution is 9.11. The quantitative estimate of drug-likeness (QED) is 0.840. The van der Waals surface area contributed by atoms with Crippen LogP contribution >= 0.6 is 27.3 Å². The first-order valence-corrected chi connectivity index (χ1v) is 9.77. The van der Waals surface area contributed by atoms with Gasteiger partial charge in [0.05, 0.1) is 10.4 Å². The van der Waals surface area contributed by atoms with E-state index in [2.05, 4.69) is 34.5 Å². The molecule has 0 aliphatic heterocycles. The van der Waals surface area contributed by atoms with Gasteiger partial charge in [0, 0.05) is 10.9 Å². The van der Waals surface area contributed by atoms with Crippen molar-refractivity contribution in [2.45, 2.75) is 57.1 Å². The normalized spacial score (nSPS) is 22.9. The minimum atomic E-state index is -3.55. The van der Waals surface area contributed by atoms with Gasteiger partial charge in [-0.05, 0) is 40.3 Å². The summed E-state index contributed by atoms with van der Waals surface area (Å²) in [6.07, 6.45) is 4.12. The second kappa shape index (κ2) is 6.04. The maximum absolute atomic E-state index is 12.5. The second-order valence-electron chi connectivity index (χ2n) is 5.92. The van der Waals surface area contributed by atoms with E-state index in [-0.39, 0.29) is 23.0 Å². The lowest BCUT2D eigenvalue weighted by Crippen LogP contribution is -2.46. The predicted molar refractivity (Wildman–Crippen MR) is 84.3 cm³/mol. The van der Waals surface area contributed by atoms with Gasteiger partial charge in [-0.3, -0.25) is 0 Å². The largest absolute Gasteiger partial charge is 0.391 e. The van der Waals surface area contributed by atoms with Crippen molar-refractivity contribution in [2.75, 3.05) is 0 Å². The molecule has 1 saturated carbocycles. The first-order valence-electron chi connectivity index (χ1n) is 6.68. The van der Waals surface area contributed by atoms with E-state index in [1.165, 1.54) is 17.4 Å². The molecule has 4 nitrogen and oxygen atoms in total. The Balaban J connectivity index is 2.24. The van der Waals surface area contributed by atoms with Crippen LogP contribution in [0.2, 0.25) is 0 Å². The van der Waals surface area contributed by atoms with Crippen LogP contribution in [-0.2, 0) is 16.6 Å². The number of aliphatic hydroxyl groups excluding tert-OH is 1. The van der Waals surface area contributed by atoms with E-state index >= 15 is 0 Å². The fourth-order valence-corrected chi connectivity index (χ4v) is 6.61. The van der Waals surface area contributed by atoms with Gasteiger partial charge in [-0.1, -0.05) is 26.7 Å². The van der Waals surface area contributed by atoms with Crippen LogP contribution in [0.25, 0.3) is 0 Å². The summed E-state index contributed by atoms with van der Waals surface area (Å²) in [6.45, 7) is 4.08. The molecular formula is C13H20BrNO3S2. The molecule has 2 rings (SSSR count). The van der Waals surface area contributed by atoms with Gasteiger partial charge in [0.1, 0.15) is 4.90 Å². The Morgan fingerprint density at radius 3 is 2.75 bits per heavy atom. The Labute approximate surface area is 132 Å². The predicted octanol–water partition coefficient (Wildman–Crippen LogP) is 3.25. The lowest BCUT2D eigenvalue weighted by molar-refractivity contribution is 0.188. The van der Waals surface area contributed by atoms with Crippen LogP contribution < -0.4 is 4.72 Å². The average Bonchev–Trinajstić information content (AvgIpc) is 2.74. The highest BCUT2D eigenvalue weighted by Gasteiger charge is 2.36. The lowest BCUT2D eigenvalue weighted by atomic mass is 9.74. The summed E-state index contributed by atoms with van der Waals surface area (Å²) < 4.78 is 28.4.